The smallest absolute Gasteiger partial charge is 0.340 e. The zero-order valence-electron chi connectivity index (χ0n) is 7.94. The summed E-state index contributed by atoms with van der Waals surface area (Å²) < 4.78 is 4.96. The first-order chi connectivity index (χ1) is 7.59. The molecule has 1 unspecified atom stereocenters. The molecule has 0 saturated heterocycles. The Balaban J connectivity index is 2.21. The Morgan fingerprint density at radius 3 is 2.75 bits per heavy atom. The molecule has 0 aromatic heterocycles. The quantitative estimate of drug-likeness (QED) is 0.651. The molecule has 6 heteroatoms. The van der Waals surface area contributed by atoms with Crippen LogP contribution in [0.5, 0.6) is 0 Å². The zero-order chi connectivity index (χ0) is 11.7. The number of cyclic esters (lactones) is 1. The number of esters is 1. The fourth-order valence-corrected chi connectivity index (χ4v) is 1.57. The maximum atomic E-state index is 11.4. The number of carbonyl (C=O) groups is 2. The van der Waals surface area contributed by atoms with Crippen LogP contribution in [-0.4, -0.2) is 16.7 Å². The number of amides is 1. The molecule has 0 aliphatic carbocycles. The summed E-state index contributed by atoms with van der Waals surface area (Å²) in [6, 6.07) is 6.79. The Labute approximate surface area is 101 Å². The van der Waals surface area contributed by atoms with Crippen LogP contribution >= 0.6 is 23.2 Å². The maximum absolute atomic E-state index is 11.4. The number of carbonyl (C=O) groups excluding carboxylic acids is 2. The second-order valence-electron chi connectivity index (χ2n) is 3.18. The Hall–Kier alpha value is -1.26. The summed E-state index contributed by atoms with van der Waals surface area (Å²) in [7, 11) is 0. The van der Waals surface area contributed by atoms with E-state index < -0.39 is 22.9 Å². The molecule has 1 aliphatic rings. The standard InChI is InChI=1S/C10H7Cl2NO3/c11-7(12)8(14)13-9-5-3-1-2-4-6(5)10(15)16-9/h1-4,7,9H,(H,13,14). The van der Waals surface area contributed by atoms with Crippen LogP contribution in [0.15, 0.2) is 24.3 Å². The number of rotatable bonds is 2. The van der Waals surface area contributed by atoms with Crippen molar-refractivity contribution < 1.29 is 14.3 Å². The molecule has 0 saturated carbocycles. The van der Waals surface area contributed by atoms with Gasteiger partial charge in [-0.15, -0.1) is 0 Å². The third-order valence-electron chi connectivity index (χ3n) is 2.16. The Morgan fingerprint density at radius 1 is 1.38 bits per heavy atom. The van der Waals surface area contributed by atoms with Crippen LogP contribution in [0.25, 0.3) is 0 Å². The number of hydrogen-bond acceptors (Lipinski definition) is 3. The molecule has 1 aromatic carbocycles. The fraction of sp³-hybridized carbons (Fsp3) is 0.200. The lowest BCUT2D eigenvalue weighted by atomic mass is 10.1. The van der Waals surface area contributed by atoms with Crippen LogP contribution in [0, 0.1) is 0 Å². The molecule has 1 heterocycles. The predicted octanol–water partition coefficient (Wildman–Crippen LogP) is 1.78. The van der Waals surface area contributed by atoms with Crippen LogP contribution in [0.1, 0.15) is 22.1 Å². The molecule has 1 aromatic rings. The van der Waals surface area contributed by atoms with Crippen molar-refractivity contribution in [2.45, 2.75) is 11.1 Å². The normalized spacial score (nSPS) is 18.2. The number of halogens is 2. The van der Waals surface area contributed by atoms with Gasteiger partial charge in [-0.3, -0.25) is 4.79 Å². The molecule has 1 amide bonds. The topological polar surface area (TPSA) is 55.4 Å². The van der Waals surface area contributed by atoms with E-state index in [9.17, 15) is 9.59 Å². The van der Waals surface area contributed by atoms with Gasteiger partial charge in [-0.1, -0.05) is 41.4 Å². The highest BCUT2D eigenvalue weighted by molar-refractivity contribution is 6.53. The average Bonchev–Trinajstić information content (AvgIpc) is 2.57. The molecule has 84 valence electrons. The molecular weight excluding hydrogens is 253 g/mol. The van der Waals surface area contributed by atoms with Crippen molar-refractivity contribution in [2.75, 3.05) is 0 Å². The van der Waals surface area contributed by atoms with Gasteiger partial charge in [-0.2, -0.15) is 0 Å². The summed E-state index contributed by atoms with van der Waals surface area (Å²) in [5, 5.41) is 2.42. The monoisotopic (exact) mass is 259 g/mol. The minimum Gasteiger partial charge on any atom is -0.434 e. The van der Waals surface area contributed by atoms with Gasteiger partial charge in [0.25, 0.3) is 5.91 Å². The third kappa shape index (κ3) is 1.99. The summed E-state index contributed by atoms with van der Waals surface area (Å²) in [6.45, 7) is 0. The van der Waals surface area contributed by atoms with Crippen molar-refractivity contribution in [1.82, 2.24) is 5.32 Å². The van der Waals surface area contributed by atoms with E-state index in [0.717, 1.165) is 0 Å². The van der Waals surface area contributed by atoms with Crippen molar-refractivity contribution in [3.8, 4) is 0 Å². The molecule has 4 nitrogen and oxygen atoms in total. The molecule has 0 radical (unpaired) electrons. The summed E-state index contributed by atoms with van der Waals surface area (Å²) in [4.78, 5) is 21.4. The van der Waals surface area contributed by atoms with Crippen molar-refractivity contribution in [3.05, 3.63) is 35.4 Å². The lowest BCUT2D eigenvalue weighted by Crippen LogP contribution is -2.32. The van der Waals surface area contributed by atoms with Crippen LogP contribution in [-0.2, 0) is 9.53 Å². The lowest BCUT2D eigenvalue weighted by Gasteiger charge is -2.12. The predicted molar refractivity (Wildman–Crippen MR) is 58.2 cm³/mol. The van der Waals surface area contributed by atoms with Gasteiger partial charge >= 0.3 is 5.97 Å². The number of nitrogens with one attached hydrogen (secondary N) is 1. The molecule has 2 rings (SSSR count). The number of hydrogen-bond donors (Lipinski definition) is 1. The van der Waals surface area contributed by atoms with Gasteiger partial charge in [0.2, 0.25) is 6.23 Å². The summed E-state index contributed by atoms with van der Waals surface area (Å²) in [5.74, 6) is -1.07. The van der Waals surface area contributed by atoms with Crippen LogP contribution in [0.2, 0.25) is 0 Å². The van der Waals surface area contributed by atoms with Gasteiger partial charge < -0.3 is 10.1 Å². The molecular formula is C10H7Cl2NO3. The van der Waals surface area contributed by atoms with E-state index >= 15 is 0 Å². The molecule has 1 atom stereocenters. The van der Waals surface area contributed by atoms with Crippen molar-refractivity contribution in [2.24, 2.45) is 0 Å². The van der Waals surface area contributed by atoms with E-state index in [-0.39, 0.29) is 0 Å². The SMILES string of the molecule is O=C1OC(NC(=O)C(Cl)Cl)c2ccccc21. The number of fused-ring (bicyclic) bond motifs is 1. The largest absolute Gasteiger partial charge is 0.434 e. The molecule has 0 spiro atoms. The van der Waals surface area contributed by atoms with Crippen LogP contribution in [0.3, 0.4) is 0 Å². The summed E-state index contributed by atoms with van der Waals surface area (Å²) >= 11 is 10.8. The lowest BCUT2D eigenvalue weighted by molar-refractivity contribution is -0.122. The van der Waals surface area contributed by atoms with Crippen molar-refractivity contribution in [3.63, 3.8) is 0 Å². The van der Waals surface area contributed by atoms with Crippen LogP contribution < -0.4 is 5.32 Å². The summed E-state index contributed by atoms with van der Waals surface area (Å²) in [5.41, 5.74) is 1.04. The molecule has 0 bridgehead atoms. The highest BCUT2D eigenvalue weighted by Gasteiger charge is 2.32. The minimum atomic E-state index is -1.19. The molecule has 16 heavy (non-hydrogen) atoms. The zero-order valence-corrected chi connectivity index (χ0v) is 9.46. The fourth-order valence-electron chi connectivity index (χ4n) is 1.44. The van der Waals surface area contributed by atoms with E-state index in [4.69, 9.17) is 27.9 Å². The second kappa shape index (κ2) is 4.31. The second-order valence-corrected chi connectivity index (χ2v) is 4.28. The molecule has 1 aliphatic heterocycles. The minimum absolute atomic E-state index is 0.438. The Kier molecular flexibility index (Phi) is 3.03. The summed E-state index contributed by atoms with van der Waals surface area (Å²) in [6.07, 6.45) is -0.809. The first-order valence-electron chi connectivity index (χ1n) is 4.48. The molecule has 1 N–H and O–H groups in total. The van der Waals surface area contributed by atoms with Gasteiger partial charge in [-0.25, -0.2) is 4.79 Å². The van der Waals surface area contributed by atoms with Crippen molar-refractivity contribution in [1.29, 1.82) is 0 Å². The number of alkyl halides is 2. The third-order valence-corrected chi connectivity index (χ3v) is 2.56. The number of benzene rings is 1. The van der Waals surface area contributed by atoms with Gasteiger partial charge in [0, 0.05) is 5.56 Å². The number of ether oxygens (including phenoxy) is 1. The first-order valence-corrected chi connectivity index (χ1v) is 5.35. The maximum Gasteiger partial charge on any atom is 0.340 e. The Morgan fingerprint density at radius 2 is 2.06 bits per heavy atom. The average molecular weight is 260 g/mol. The van der Waals surface area contributed by atoms with Crippen LogP contribution in [0.4, 0.5) is 0 Å². The van der Waals surface area contributed by atoms with E-state index in [1.807, 2.05) is 0 Å². The van der Waals surface area contributed by atoms with Gasteiger partial charge in [0.05, 0.1) is 5.56 Å². The Bertz CT molecular complexity index is 447. The highest BCUT2D eigenvalue weighted by atomic mass is 35.5. The highest BCUT2D eigenvalue weighted by Crippen LogP contribution is 2.28. The van der Waals surface area contributed by atoms with Gasteiger partial charge in [0.1, 0.15) is 0 Å². The van der Waals surface area contributed by atoms with Gasteiger partial charge in [-0.05, 0) is 6.07 Å². The van der Waals surface area contributed by atoms with E-state index in [2.05, 4.69) is 5.32 Å². The molecule has 0 fully saturated rings. The van der Waals surface area contributed by atoms with Crippen molar-refractivity contribution >= 4 is 35.1 Å². The van der Waals surface area contributed by atoms with E-state index in [1.54, 1.807) is 24.3 Å². The van der Waals surface area contributed by atoms with Gasteiger partial charge in [0.15, 0.2) is 4.84 Å². The van der Waals surface area contributed by atoms with E-state index in [0.29, 0.717) is 11.1 Å². The first kappa shape index (κ1) is 11.2. The van der Waals surface area contributed by atoms with E-state index in [1.165, 1.54) is 0 Å².